The zero-order valence-electron chi connectivity index (χ0n) is 10.3. The standard InChI is InChI=1S/C14H9N5O/c15-7-9-3-1-2-4-11(9)17-14(20)13-10-8-16-6-5-12(10)18-19-13/h1-6,8H,(H,17,20)(H,18,19). The lowest BCUT2D eigenvalue weighted by Gasteiger charge is -2.04. The summed E-state index contributed by atoms with van der Waals surface area (Å²) in [4.78, 5) is 16.2. The SMILES string of the molecule is N#Cc1ccccc1NC(=O)c1n[nH]c2ccncc12. The normalized spacial score (nSPS) is 10.2. The molecule has 0 bridgehead atoms. The molecule has 2 N–H and O–H groups in total. The van der Waals surface area contributed by atoms with Crippen LogP contribution in [0.2, 0.25) is 0 Å². The number of hydrogen-bond donors (Lipinski definition) is 2. The number of amides is 1. The molecule has 6 nitrogen and oxygen atoms in total. The first-order chi connectivity index (χ1) is 9.79. The van der Waals surface area contributed by atoms with Crippen LogP contribution >= 0.6 is 0 Å². The average Bonchev–Trinajstić information content (AvgIpc) is 2.92. The van der Waals surface area contributed by atoms with Crippen LogP contribution in [0.3, 0.4) is 0 Å². The van der Waals surface area contributed by atoms with E-state index in [1.165, 1.54) is 0 Å². The van der Waals surface area contributed by atoms with Gasteiger partial charge in [0.1, 0.15) is 6.07 Å². The van der Waals surface area contributed by atoms with E-state index in [0.29, 0.717) is 16.6 Å². The fraction of sp³-hybridized carbons (Fsp3) is 0. The molecule has 0 atom stereocenters. The third-order valence-electron chi connectivity index (χ3n) is 2.88. The van der Waals surface area contributed by atoms with Crippen LogP contribution in [0.5, 0.6) is 0 Å². The van der Waals surface area contributed by atoms with Crippen LogP contribution in [-0.4, -0.2) is 21.1 Å². The van der Waals surface area contributed by atoms with Crippen molar-refractivity contribution in [3.05, 3.63) is 54.0 Å². The van der Waals surface area contributed by atoms with E-state index in [1.54, 1.807) is 42.7 Å². The number of nitrogens with one attached hydrogen (secondary N) is 2. The quantitative estimate of drug-likeness (QED) is 0.740. The van der Waals surface area contributed by atoms with E-state index in [-0.39, 0.29) is 11.6 Å². The van der Waals surface area contributed by atoms with Crippen molar-refractivity contribution in [2.75, 3.05) is 5.32 Å². The van der Waals surface area contributed by atoms with Gasteiger partial charge in [0, 0.05) is 12.4 Å². The second-order valence-electron chi connectivity index (χ2n) is 4.10. The number of pyridine rings is 1. The topological polar surface area (TPSA) is 94.5 Å². The zero-order valence-corrected chi connectivity index (χ0v) is 10.3. The molecule has 3 rings (SSSR count). The van der Waals surface area contributed by atoms with Crippen molar-refractivity contribution in [2.45, 2.75) is 0 Å². The van der Waals surface area contributed by atoms with Crippen LogP contribution in [0.1, 0.15) is 16.1 Å². The molecule has 0 radical (unpaired) electrons. The predicted molar refractivity (Wildman–Crippen MR) is 73.0 cm³/mol. The highest BCUT2D eigenvalue weighted by atomic mass is 16.1. The zero-order chi connectivity index (χ0) is 13.9. The maximum atomic E-state index is 12.2. The molecule has 20 heavy (non-hydrogen) atoms. The predicted octanol–water partition coefficient (Wildman–Crippen LogP) is 2.08. The number of anilines is 1. The average molecular weight is 263 g/mol. The maximum absolute atomic E-state index is 12.2. The van der Waals surface area contributed by atoms with Gasteiger partial charge in [0.05, 0.1) is 22.2 Å². The molecule has 0 aliphatic heterocycles. The first-order valence-corrected chi connectivity index (χ1v) is 5.88. The van der Waals surface area contributed by atoms with Gasteiger partial charge in [-0.2, -0.15) is 10.4 Å². The van der Waals surface area contributed by atoms with Gasteiger partial charge in [-0.05, 0) is 18.2 Å². The number of carbonyl (C=O) groups excluding carboxylic acids is 1. The van der Waals surface area contributed by atoms with Crippen molar-refractivity contribution in [3.8, 4) is 6.07 Å². The number of rotatable bonds is 2. The summed E-state index contributed by atoms with van der Waals surface area (Å²) < 4.78 is 0. The molecule has 0 fully saturated rings. The number of para-hydroxylation sites is 1. The highest BCUT2D eigenvalue weighted by Crippen LogP contribution is 2.18. The molecule has 0 spiro atoms. The van der Waals surface area contributed by atoms with E-state index < -0.39 is 0 Å². The van der Waals surface area contributed by atoms with Gasteiger partial charge in [0.2, 0.25) is 0 Å². The van der Waals surface area contributed by atoms with Gasteiger partial charge in [-0.1, -0.05) is 12.1 Å². The molecule has 2 heterocycles. The summed E-state index contributed by atoms with van der Waals surface area (Å²) in [6.07, 6.45) is 3.19. The van der Waals surface area contributed by atoms with E-state index in [1.807, 2.05) is 6.07 Å². The first-order valence-electron chi connectivity index (χ1n) is 5.88. The molecule has 0 aliphatic rings. The second kappa shape index (κ2) is 4.82. The Bertz CT molecular complexity index is 831. The van der Waals surface area contributed by atoms with Gasteiger partial charge in [-0.25, -0.2) is 0 Å². The van der Waals surface area contributed by atoms with Gasteiger partial charge >= 0.3 is 0 Å². The minimum atomic E-state index is -0.382. The van der Waals surface area contributed by atoms with Gasteiger partial charge in [0.15, 0.2) is 5.69 Å². The second-order valence-corrected chi connectivity index (χ2v) is 4.10. The molecule has 6 heteroatoms. The van der Waals surface area contributed by atoms with Crippen LogP contribution in [0.4, 0.5) is 5.69 Å². The van der Waals surface area contributed by atoms with Crippen molar-refractivity contribution in [2.24, 2.45) is 0 Å². The number of aromatic amines is 1. The molecule has 0 saturated heterocycles. The lowest BCUT2D eigenvalue weighted by molar-refractivity contribution is 0.102. The van der Waals surface area contributed by atoms with Crippen molar-refractivity contribution >= 4 is 22.5 Å². The molecule has 1 amide bonds. The molecule has 1 aromatic carbocycles. The smallest absolute Gasteiger partial charge is 0.276 e. The molecule has 0 saturated carbocycles. The molecular weight excluding hydrogens is 254 g/mol. The molecular formula is C14H9N5O. The van der Waals surface area contributed by atoms with Gasteiger partial charge in [0.25, 0.3) is 5.91 Å². The Kier molecular flexibility index (Phi) is 2.86. The number of hydrogen-bond acceptors (Lipinski definition) is 4. The Morgan fingerprint density at radius 3 is 3.00 bits per heavy atom. The molecule has 96 valence electrons. The fourth-order valence-corrected chi connectivity index (χ4v) is 1.90. The number of nitriles is 1. The summed E-state index contributed by atoms with van der Waals surface area (Å²) in [6.45, 7) is 0. The number of nitrogens with zero attached hydrogens (tertiary/aromatic N) is 3. The Labute approximate surface area is 114 Å². The summed E-state index contributed by atoms with van der Waals surface area (Å²) in [5.74, 6) is -0.382. The molecule has 2 aromatic heterocycles. The van der Waals surface area contributed by atoms with Crippen LogP contribution < -0.4 is 5.32 Å². The van der Waals surface area contributed by atoms with E-state index in [0.717, 1.165) is 5.52 Å². The third kappa shape index (κ3) is 1.97. The fourth-order valence-electron chi connectivity index (χ4n) is 1.90. The number of fused-ring (bicyclic) bond motifs is 1. The largest absolute Gasteiger partial charge is 0.319 e. The summed E-state index contributed by atoms with van der Waals surface area (Å²) in [5.41, 5.74) is 1.85. The monoisotopic (exact) mass is 263 g/mol. The summed E-state index contributed by atoms with van der Waals surface area (Å²) in [7, 11) is 0. The summed E-state index contributed by atoms with van der Waals surface area (Å²) in [6, 6.07) is 10.6. The van der Waals surface area contributed by atoms with Crippen LogP contribution in [0, 0.1) is 11.3 Å². The van der Waals surface area contributed by atoms with E-state index in [4.69, 9.17) is 5.26 Å². The van der Waals surface area contributed by atoms with Gasteiger partial charge in [-0.3, -0.25) is 14.9 Å². The van der Waals surface area contributed by atoms with Crippen molar-refractivity contribution < 1.29 is 4.79 Å². The Balaban J connectivity index is 1.96. The number of carbonyl (C=O) groups is 1. The minimum Gasteiger partial charge on any atom is -0.319 e. The van der Waals surface area contributed by atoms with Crippen LogP contribution in [0.15, 0.2) is 42.7 Å². The van der Waals surface area contributed by atoms with E-state index in [9.17, 15) is 4.79 Å². The summed E-state index contributed by atoms with van der Waals surface area (Å²) >= 11 is 0. The molecule has 0 aliphatic carbocycles. The van der Waals surface area contributed by atoms with E-state index >= 15 is 0 Å². The Morgan fingerprint density at radius 1 is 1.30 bits per heavy atom. The van der Waals surface area contributed by atoms with Crippen LogP contribution in [0.25, 0.3) is 10.9 Å². The molecule has 0 unspecified atom stereocenters. The van der Waals surface area contributed by atoms with Gasteiger partial charge < -0.3 is 5.32 Å². The number of benzene rings is 1. The third-order valence-corrected chi connectivity index (χ3v) is 2.88. The van der Waals surface area contributed by atoms with Gasteiger partial charge in [-0.15, -0.1) is 0 Å². The van der Waals surface area contributed by atoms with E-state index in [2.05, 4.69) is 20.5 Å². The van der Waals surface area contributed by atoms with Crippen LogP contribution in [-0.2, 0) is 0 Å². The van der Waals surface area contributed by atoms with Crippen molar-refractivity contribution in [3.63, 3.8) is 0 Å². The highest BCUT2D eigenvalue weighted by molar-refractivity contribution is 6.11. The Hall–Kier alpha value is -3.20. The van der Waals surface area contributed by atoms with Crippen molar-refractivity contribution in [1.82, 2.24) is 15.2 Å². The summed E-state index contributed by atoms with van der Waals surface area (Å²) in [5, 5.41) is 19.1. The lowest BCUT2D eigenvalue weighted by atomic mass is 10.2. The molecule has 3 aromatic rings. The minimum absolute atomic E-state index is 0.251. The van der Waals surface area contributed by atoms with Crippen molar-refractivity contribution in [1.29, 1.82) is 5.26 Å². The number of H-pyrrole nitrogens is 1. The number of aromatic nitrogens is 3. The first kappa shape index (κ1) is 11.9. The maximum Gasteiger partial charge on any atom is 0.276 e. The lowest BCUT2D eigenvalue weighted by Crippen LogP contribution is -2.13. The Morgan fingerprint density at radius 2 is 2.15 bits per heavy atom. The highest BCUT2D eigenvalue weighted by Gasteiger charge is 2.15.